The summed E-state index contributed by atoms with van der Waals surface area (Å²) in [4.78, 5) is 45.4. The number of hydrogen-bond donors (Lipinski definition) is 0. The van der Waals surface area contributed by atoms with Gasteiger partial charge in [0.25, 0.3) is 5.56 Å². The van der Waals surface area contributed by atoms with Gasteiger partial charge in [0.15, 0.2) is 4.80 Å². The van der Waals surface area contributed by atoms with Crippen LogP contribution in [0.2, 0.25) is 0 Å². The molecule has 186 valence electrons. The van der Waals surface area contributed by atoms with E-state index in [1.54, 1.807) is 48.8 Å². The molecule has 0 amide bonds. The SMILES string of the molecule is CCOC(=O)C1=C(C)N=c2s/c(=C/c3ccc(C(=O)OC)cc3)c(=O)n2C1c1ccc(N(C)C)cc1. The average molecular weight is 506 g/mol. The highest BCUT2D eigenvalue weighted by molar-refractivity contribution is 7.07. The zero-order valence-corrected chi connectivity index (χ0v) is 21.6. The summed E-state index contributed by atoms with van der Waals surface area (Å²) in [6.45, 7) is 3.72. The number of methoxy groups -OCH3 is 1. The minimum atomic E-state index is -0.666. The molecule has 0 bridgehead atoms. The highest BCUT2D eigenvalue weighted by Gasteiger charge is 2.33. The molecule has 4 rings (SSSR count). The van der Waals surface area contributed by atoms with Crippen molar-refractivity contribution in [3.8, 4) is 0 Å². The molecule has 2 heterocycles. The maximum absolute atomic E-state index is 13.7. The first-order chi connectivity index (χ1) is 17.2. The second kappa shape index (κ2) is 10.3. The van der Waals surface area contributed by atoms with E-state index in [9.17, 15) is 14.4 Å². The van der Waals surface area contributed by atoms with E-state index in [-0.39, 0.29) is 12.2 Å². The van der Waals surface area contributed by atoms with E-state index in [0.717, 1.165) is 16.8 Å². The number of anilines is 1. The second-order valence-corrected chi connectivity index (χ2v) is 9.41. The number of allylic oxidation sites excluding steroid dienone is 1. The molecule has 1 aliphatic rings. The van der Waals surface area contributed by atoms with Gasteiger partial charge in [-0.15, -0.1) is 0 Å². The Morgan fingerprint density at radius 2 is 1.75 bits per heavy atom. The maximum atomic E-state index is 13.7. The van der Waals surface area contributed by atoms with Gasteiger partial charge in [-0.25, -0.2) is 14.6 Å². The number of ether oxygens (including phenoxy) is 2. The zero-order valence-electron chi connectivity index (χ0n) is 20.8. The Kier molecular flexibility index (Phi) is 7.21. The number of esters is 2. The molecule has 0 radical (unpaired) electrons. The molecule has 1 atom stereocenters. The van der Waals surface area contributed by atoms with Crippen LogP contribution in [0.4, 0.5) is 5.69 Å². The number of hydrogen-bond acceptors (Lipinski definition) is 8. The minimum absolute atomic E-state index is 0.216. The fraction of sp³-hybridized carbons (Fsp3) is 0.259. The van der Waals surface area contributed by atoms with E-state index in [2.05, 4.69) is 4.99 Å². The minimum Gasteiger partial charge on any atom is -0.465 e. The van der Waals surface area contributed by atoms with Crippen molar-refractivity contribution >= 4 is 35.0 Å². The maximum Gasteiger partial charge on any atom is 0.338 e. The lowest BCUT2D eigenvalue weighted by Gasteiger charge is -2.25. The molecule has 0 fully saturated rings. The molecule has 0 saturated carbocycles. The smallest absolute Gasteiger partial charge is 0.338 e. The normalized spacial score (nSPS) is 15.2. The molecule has 3 aromatic rings. The summed E-state index contributed by atoms with van der Waals surface area (Å²) in [5.41, 5.74) is 3.56. The summed E-state index contributed by atoms with van der Waals surface area (Å²) in [5.74, 6) is -0.920. The van der Waals surface area contributed by atoms with Crippen LogP contribution >= 0.6 is 11.3 Å². The van der Waals surface area contributed by atoms with Crippen LogP contribution in [-0.2, 0) is 14.3 Å². The van der Waals surface area contributed by atoms with Gasteiger partial charge in [0.2, 0.25) is 0 Å². The van der Waals surface area contributed by atoms with Crippen LogP contribution in [0.3, 0.4) is 0 Å². The molecule has 0 aliphatic carbocycles. The number of carbonyl (C=O) groups is 2. The molecule has 8 nitrogen and oxygen atoms in total. The van der Waals surface area contributed by atoms with E-state index in [1.807, 2.05) is 43.3 Å². The molecule has 2 aromatic carbocycles. The van der Waals surface area contributed by atoms with Gasteiger partial charge in [-0.1, -0.05) is 35.6 Å². The monoisotopic (exact) mass is 505 g/mol. The van der Waals surface area contributed by atoms with E-state index in [4.69, 9.17) is 9.47 Å². The van der Waals surface area contributed by atoms with E-state index >= 15 is 0 Å². The van der Waals surface area contributed by atoms with Crippen molar-refractivity contribution in [1.82, 2.24) is 4.57 Å². The van der Waals surface area contributed by atoms with Crippen molar-refractivity contribution < 1.29 is 19.1 Å². The van der Waals surface area contributed by atoms with Crippen LogP contribution in [-0.4, -0.2) is 44.3 Å². The molecule has 1 unspecified atom stereocenters. The van der Waals surface area contributed by atoms with Gasteiger partial charge in [0.1, 0.15) is 0 Å². The summed E-state index contributed by atoms with van der Waals surface area (Å²) in [6, 6.07) is 13.9. The van der Waals surface area contributed by atoms with E-state index in [0.29, 0.717) is 26.2 Å². The van der Waals surface area contributed by atoms with Gasteiger partial charge in [-0.2, -0.15) is 0 Å². The number of aromatic nitrogens is 1. The van der Waals surface area contributed by atoms with Gasteiger partial charge < -0.3 is 14.4 Å². The second-order valence-electron chi connectivity index (χ2n) is 8.40. The molecule has 0 spiro atoms. The van der Waals surface area contributed by atoms with Crippen molar-refractivity contribution in [1.29, 1.82) is 0 Å². The molecule has 1 aromatic heterocycles. The predicted molar refractivity (Wildman–Crippen MR) is 139 cm³/mol. The lowest BCUT2D eigenvalue weighted by atomic mass is 9.95. The predicted octanol–water partition coefficient (Wildman–Crippen LogP) is 2.65. The van der Waals surface area contributed by atoms with Crippen molar-refractivity contribution in [2.45, 2.75) is 19.9 Å². The van der Waals surface area contributed by atoms with Gasteiger partial charge in [0, 0.05) is 19.8 Å². The highest BCUT2D eigenvalue weighted by atomic mass is 32.1. The fourth-order valence-corrected chi connectivity index (χ4v) is 5.09. The molecule has 9 heteroatoms. The number of rotatable bonds is 6. The Hall–Kier alpha value is -3.98. The first kappa shape index (κ1) is 25.1. The Morgan fingerprint density at radius 1 is 1.08 bits per heavy atom. The van der Waals surface area contributed by atoms with Crippen LogP contribution in [0.5, 0.6) is 0 Å². The average Bonchev–Trinajstić information content (AvgIpc) is 3.17. The van der Waals surface area contributed by atoms with Gasteiger partial charge in [-0.3, -0.25) is 9.36 Å². The Bertz CT molecular complexity index is 1510. The third-order valence-corrected chi connectivity index (χ3v) is 6.85. The van der Waals surface area contributed by atoms with Gasteiger partial charge in [-0.05, 0) is 55.3 Å². The van der Waals surface area contributed by atoms with Crippen LogP contribution in [0.1, 0.15) is 41.4 Å². The number of nitrogens with zero attached hydrogens (tertiary/aromatic N) is 3. The van der Waals surface area contributed by atoms with Crippen molar-refractivity contribution in [2.24, 2.45) is 4.99 Å². The summed E-state index contributed by atoms with van der Waals surface area (Å²) in [7, 11) is 5.22. The summed E-state index contributed by atoms with van der Waals surface area (Å²) >= 11 is 1.25. The molecule has 36 heavy (non-hydrogen) atoms. The number of fused-ring (bicyclic) bond motifs is 1. The zero-order chi connectivity index (χ0) is 26.0. The lowest BCUT2D eigenvalue weighted by Crippen LogP contribution is -2.39. The first-order valence-corrected chi connectivity index (χ1v) is 12.2. The molecule has 0 N–H and O–H groups in total. The quantitative estimate of drug-likeness (QED) is 0.479. The third kappa shape index (κ3) is 4.74. The lowest BCUT2D eigenvalue weighted by molar-refractivity contribution is -0.139. The number of benzene rings is 2. The Balaban J connectivity index is 1.87. The van der Waals surface area contributed by atoms with Crippen molar-refractivity contribution in [3.05, 3.63) is 96.2 Å². The van der Waals surface area contributed by atoms with Crippen LogP contribution < -0.4 is 19.8 Å². The Labute approximate surface area is 212 Å². The number of carbonyl (C=O) groups excluding carboxylic acids is 2. The highest BCUT2D eigenvalue weighted by Crippen LogP contribution is 2.31. The molecular weight excluding hydrogens is 478 g/mol. The topological polar surface area (TPSA) is 90.2 Å². The largest absolute Gasteiger partial charge is 0.465 e. The van der Waals surface area contributed by atoms with Crippen molar-refractivity contribution in [2.75, 3.05) is 32.7 Å². The third-order valence-electron chi connectivity index (χ3n) is 5.87. The molecule has 1 aliphatic heterocycles. The number of thiazole rings is 1. The van der Waals surface area contributed by atoms with Crippen molar-refractivity contribution in [3.63, 3.8) is 0 Å². The molecule has 0 saturated heterocycles. The van der Waals surface area contributed by atoms with Gasteiger partial charge >= 0.3 is 11.9 Å². The standard InChI is InChI=1S/C27H27N3O5S/c1-6-35-26(33)22-16(2)28-27-30(23(22)18-11-13-20(14-12-18)29(3)4)24(31)21(36-27)15-17-7-9-19(10-8-17)25(32)34-5/h7-15,23H,6H2,1-5H3/b21-15+. The molecular formula is C27H27N3O5S. The summed E-state index contributed by atoms with van der Waals surface area (Å²) < 4.78 is 12.1. The summed E-state index contributed by atoms with van der Waals surface area (Å²) in [6.07, 6.45) is 1.75. The Morgan fingerprint density at radius 3 is 2.33 bits per heavy atom. The first-order valence-electron chi connectivity index (χ1n) is 11.4. The van der Waals surface area contributed by atoms with E-state index < -0.39 is 18.0 Å². The fourth-order valence-electron chi connectivity index (χ4n) is 4.05. The van der Waals surface area contributed by atoms with E-state index in [1.165, 1.54) is 18.4 Å². The van der Waals surface area contributed by atoms with Crippen LogP contribution in [0.15, 0.2) is 69.6 Å². The van der Waals surface area contributed by atoms with Crippen LogP contribution in [0, 0.1) is 0 Å². The summed E-state index contributed by atoms with van der Waals surface area (Å²) in [5, 5.41) is 0. The van der Waals surface area contributed by atoms with Gasteiger partial charge in [0.05, 0.1) is 41.1 Å². The van der Waals surface area contributed by atoms with Crippen LogP contribution in [0.25, 0.3) is 6.08 Å².